The number of amides is 1. The third-order valence-electron chi connectivity index (χ3n) is 2.82. The monoisotopic (exact) mass is 301 g/mol. The van der Waals surface area contributed by atoms with Gasteiger partial charge in [0, 0.05) is 24.9 Å². The Labute approximate surface area is 129 Å². The van der Waals surface area contributed by atoms with Gasteiger partial charge < -0.3 is 15.7 Å². The molecular formula is C16H19N3O3. The van der Waals surface area contributed by atoms with Crippen molar-refractivity contribution in [3.8, 4) is 6.07 Å². The van der Waals surface area contributed by atoms with Crippen molar-refractivity contribution in [1.82, 2.24) is 5.32 Å². The highest BCUT2D eigenvalue weighted by atomic mass is 16.4. The largest absolute Gasteiger partial charge is 0.481 e. The molecule has 116 valence electrons. The SMILES string of the molecule is Cc1cc(C)cc(N/C=C(/C#N)C(=O)NCCCC(=O)O)c1. The van der Waals surface area contributed by atoms with Crippen LogP contribution in [0.1, 0.15) is 24.0 Å². The number of nitrogens with one attached hydrogen (secondary N) is 2. The number of aliphatic carboxylic acids is 1. The van der Waals surface area contributed by atoms with Crippen molar-refractivity contribution < 1.29 is 14.7 Å². The van der Waals surface area contributed by atoms with Crippen molar-refractivity contribution >= 4 is 17.6 Å². The number of nitriles is 1. The van der Waals surface area contributed by atoms with Crippen LogP contribution < -0.4 is 10.6 Å². The summed E-state index contributed by atoms with van der Waals surface area (Å²) in [5, 5.41) is 23.0. The Kier molecular flexibility index (Phi) is 6.64. The highest BCUT2D eigenvalue weighted by Gasteiger charge is 2.08. The van der Waals surface area contributed by atoms with Gasteiger partial charge in [-0.2, -0.15) is 5.26 Å². The lowest BCUT2D eigenvalue weighted by Crippen LogP contribution is -2.26. The van der Waals surface area contributed by atoms with E-state index in [9.17, 15) is 9.59 Å². The summed E-state index contributed by atoms with van der Waals surface area (Å²) in [6, 6.07) is 7.66. The second-order valence-electron chi connectivity index (χ2n) is 4.94. The molecule has 0 aromatic heterocycles. The Bertz CT molecular complexity index is 610. The van der Waals surface area contributed by atoms with Crippen LogP contribution in [0.25, 0.3) is 0 Å². The molecule has 0 atom stereocenters. The number of anilines is 1. The molecule has 1 rings (SSSR count). The van der Waals surface area contributed by atoms with Crippen molar-refractivity contribution in [3.63, 3.8) is 0 Å². The lowest BCUT2D eigenvalue weighted by Gasteiger charge is -2.06. The molecular weight excluding hydrogens is 282 g/mol. The minimum Gasteiger partial charge on any atom is -0.481 e. The summed E-state index contributed by atoms with van der Waals surface area (Å²) in [5.74, 6) is -1.44. The van der Waals surface area contributed by atoms with Gasteiger partial charge in [0.15, 0.2) is 0 Å². The van der Waals surface area contributed by atoms with Crippen LogP contribution in [0.4, 0.5) is 5.69 Å². The fourth-order valence-corrected chi connectivity index (χ4v) is 1.90. The van der Waals surface area contributed by atoms with E-state index in [4.69, 9.17) is 10.4 Å². The molecule has 6 heteroatoms. The first-order chi connectivity index (χ1) is 10.4. The van der Waals surface area contributed by atoms with Gasteiger partial charge in [0.2, 0.25) is 0 Å². The number of aryl methyl sites for hydroxylation is 2. The maximum absolute atomic E-state index is 11.8. The quantitative estimate of drug-likeness (QED) is 0.406. The van der Waals surface area contributed by atoms with E-state index in [2.05, 4.69) is 10.6 Å². The third kappa shape index (κ3) is 6.09. The van der Waals surface area contributed by atoms with E-state index in [-0.39, 0.29) is 18.5 Å². The van der Waals surface area contributed by atoms with E-state index in [0.29, 0.717) is 6.42 Å². The second-order valence-corrected chi connectivity index (χ2v) is 4.94. The summed E-state index contributed by atoms with van der Waals surface area (Å²) in [6.45, 7) is 4.14. The molecule has 0 radical (unpaired) electrons. The average molecular weight is 301 g/mol. The summed E-state index contributed by atoms with van der Waals surface area (Å²) < 4.78 is 0. The van der Waals surface area contributed by atoms with E-state index < -0.39 is 11.9 Å². The number of carboxylic acids is 1. The van der Waals surface area contributed by atoms with Gasteiger partial charge in [0.1, 0.15) is 11.6 Å². The highest BCUT2D eigenvalue weighted by Crippen LogP contribution is 2.14. The molecule has 1 aromatic carbocycles. The fraction of sp³-hybridized carbons (Fsp3) is 0.312. The topological polar surface area (TPSA) is 102 Å². The van der Waals surface area contributed by atoms with Gasteiger partial charge in [-0.05, 0) is 43.5 Å². The number of carboxylic acid groups (broad SMARTS) is 1. The Morgan fingerprint density at radius 3 is 2.45 bits per heavy atom. The maximum Gasteiger partial charge on any atom is 0.303 e. The van der Waals surface area contributed by atoms with Crippen LogP contribution in [0.15, 0.2) is 30.0 Å². The number of carbonyl (C=O) groups is 2. The van der Waals surface area contributed by atoms with Crippen molar-refractivity contribution in [2.45, 2.75) is 26.7 Å². The van der Waals surface area contributed by atoms with E-state index in [1.54, 1.807) is 0 Å². The second kappa shape index (κ2) is 8.47. The molecule has 0 fully saturated rings. The van der Waals surface area contributed by atoms with E-state index in [1.807, 2.05) is 38.1 Å². The zero-order valence-corrected chi connectivity index (χ0v) is 12.6. The predicted molar refractivity (Wildman–Crippen MR) is 83.1 cm³/mol. The van der Waals surface area contributed by atoms with E-state index >= 15 is 0 Å². The van der Waals surface area contributed by atoms with Crippen LogP contribution in [0, 0.1) is 25.2 Å². The predicted octanol–water partition coefficient (Wildman–Crippen LogP) is 2.10. The Morgan fingerprint density at radius 1 is 1.27 bits per heavy atom. The smallest absolute Gasteiger partial charge is 0.303 e. The van der Waals surface area contributed by atoms with Crippen molar-refractivity contribution in [1.29, 1.82) is 5.26 Å². The van der Waals surface area contributed by atoms with Gasteiger partial charge in [-0.1, -0.05) is 6.07 Å². The van der Waals surface area contributed by atoms with Crippen molar-refractivity contribution in [2.24, 2.45) is 0 Å². The Hall–Kier alpha value is -2.81. The molecule has 0 unspecified atom stereocenters. The van der Waals surface area contributed by atoms with Gasteiger partial charge in [0.25, 0.3) is 5.91 Å². The molecule has 0 bridgehead atoms. The first kappa shape index (κ1) is 17.2. The highest BCUT2D eigenvalue weighted by molar-refractivity contribution is 5.97. The lowest BCUT2D eigenvalue weighted by molar-refractivity contribution is -0.137. The summed E-state index contributed by atoms with van der Waals surface area (Å²) in [5.41, 5.74) is 2.89. The normalized spacial score (nSPS) is 10.7. The van der Waals surface area contributed by atoms with Gasteiger partial charge >= 0.3 is 5.97 Å². The minimum absolute atomic E-state index is 0.0211. The minimum atomic E-state index is -0.915. The number of benzene rings is 1. The number of carbonyl (C=O) groups excluding carboxylic acids is 1. The molecule has 1 amide bonds. The molecule has 0 spiro atoms. The molecule has 0 heterocycles. The summed E-state index contributed by atoms with van der Waals surface area (Å²) in [7, 11) is 0. The molecule has 1 aromatic rings. The Balaban J connectivity index is 2.60. The van der Waals surface area contributed by atoms with Crippen LogP contribution in [0.3, 0.4) is 0 Å². The fourth-order valence-electron chi connectivity index (χ4n) is 1.90. The van der Waals surface area contributed by atoms with Crippen LogP contribution >= 0.6 is 0 Å². The number of hydrogen-bond acceptors (Lipinski definition) is 4. The van der Waals surface area contributed by atoms with Gasteiger partial charge in [-0.3, -0.25) is 9.59 Å². The summed E-state index contributed by atoms with van der Waals surface area (Å²) in [6.07, 6.45) is 1.65. The van der Waals surface area contributed by atoms with Gasteiger partial charge in [0.05, 0.1) is 0 Å². The molecule has 22 heavy (non-hydrogen) atoms. The molecule has 0 aliphatic carbocycles. The molecule has 0 saturated heterocycles. The van der Waals surface area contributed by atoms with Gasteiger partial charge in [-0.25, -0.2) is 0 Å². The van der Waals surface area contributed by atoms with Crippen molar-refractivity contribution in [3.05, 3.63) is 41.1 Å². The first-order valence-corrected chi connectivity index (χ1v) is 6.87. The maximum atomic E-state index is 11.8. The Morgan fingerprint density at radius 2 is 1.91 bits per heavy atom. The lowest BCUT2D eigenvalue weighted by atomic mass is 10.1. The van der Waals surface area contributed by atoms with Crippen LogP contribution in [-0.2, 0) is 9.59 Å². The zero-order chi connectivity index (χ0) is 16.5. The molecule has 6 nitrogen and oxygen atoms in total. The first-order valence-electron chi connectivity index (χ1n) is 6.87. The van der Waals surface area contributed by atoms with Crippen LogP contribution in [0.5, 0.6) is 0 Å². The van der Waals surface area contributed by atoms with E-state index in [1.165, 1.54) is 6.20 Å². The third-order valence-corrected chi connectivity index (χ3v) is 2.82. The number of hydrogen-bond donors (Lipinski definition) is 3. The van der Waals surface area contributed by atoms with E-state index in [0.717, 1.165) is 16.8 Å². The zero-order valence-electron chi connectivity index (χ0n) is 12.6. The molecule has 0 saturated carbocycles. The summed E-state index contributed by atoms with van der Waals surface area (Å²) >= 11 is 0. The molecule has 0 aliphatic rings. The summed E-state index contributed by atoms with van der Waals surface area (Å²) in [4.78, 5) is 22.1. The number of rotatable bonds is 7. The number of nitrogens with zero attached hydrogens (tertiary/aromatic N) is 1. The van der Waals surface area contributed by atoms with Crippen molar-refractivity contribution in [2.75, 3.05) is 11.9 Å². The average Bonchev–Trinajstić information content (AvgIpc) is 2.43. The molecule has 3 N–H and O–H groups in total. The standard InChI is InChI=1S/C16H19N3O3/c1-11-6-12(2)8-14(7-11)19-10-13(9-17)16(22)18-5-3-4-15(20)21/h6-8,10,19H,3-5H2,1-2H3,(H,18,22)(H,20,21)/b13-10-. The molecule has 0 aliphatic heterocycles. The van der Waals surface area contributed by atoms with Gasteiger partial charge in [-0.15, -0.1) is 0 Å². The van der Waals surface area contributed by atoms with Crippen LogP contribution in [-0.4, -0.2) is 23.5 Å². The van der Waals surface area contributed by atoms with Crippen LogP contribution in [0.2, 0.25) is 0 Å².